The molecule has 2 aromatic rings. The van der Waals surface area contributed by atoms with Crippen molar-refractivity contribution in [2.75, 3.05) is 11.1 Å². The van der Waals surface area contributed by atoms with Gasteiger partial charge in [0.1, 0.15) is 0 Å². The van der Waals surface area contributed by atoms with Crippen molar-refractivity contribution in [3.8, 4) is 0 Å². The van der Waals surface area contributed by atoms with Crippen molar-refractivity contribution in [1.29, 1.82) is 0 Å². The Morgan fingerprint density at radius 2 is 1.93 bits per heavy atom. The minimum Gasteiger partial charge on any atom is -0.324 e. The minimum atomic E-state index is -0.210. The normalized spacial score (nSPS) is 16.8. The average molecular weight is 459 g/mol. The Kier molecular flexibility index (Phi) is 7.17. The van der Waals surface area contributed by atoms with E-state index in [1.165, 1.54) is 11.8 Å². The molecule has 0 aliphatic carbocycles. The van der Waals surface area contributed by atoms with Gasteiger partial charge in [0.2, 0.25) is 5.91 Å². The SMILES string of the molecule is O=C1C=C(SCC(=O)Nc2ccc(Cl)cc2Cl)S[C@@H](c2ccccc2Cl)C1. The van der Waals surface area contributed by atoms with Crippen molar-refractivity contribution in [3.63, 3.8) is 0 Å². The number of hydrogen-bond donors (Lipinski definition) is 1. The smallest absolute Gasteiger partial charge is 0.234 e. The third-order valence-corrected chi connectivity index (χ3v) is 7.13. The molecule has 0 saturated carbocycles. The second-order valence-electron chi connectivity index (χ2n) is 5.72. The molecule has 0 spiro atoms. The van der Waals surface area contributed by atoms with Crippen LogP contribution in [-0.4, -0.2) is 17.4 Å². The second kappa shape index (κ2) is 9.39. The Labute approximate surface area is 180 Å². The van der Waals surface area contributed by atoms with E-state index in [-0.39, 0.29) is 22.7 Å². The lowest BCUT2D eigenvalue weighted by Crippen LogP contribution is -2.15. The van der Waals surface area contributed by atoms with Crippen LogP contribution in [0.3, 0.4) is 0 Å². The van der Waals surface area contributed by atoms with E-state index in [9.17, 15) is 9.59 Å². The summed E-state index contributed by atoms with van der Waals surface area (Å²) in [6.45, 7) is 0. The van der Waals surface area contributed by atoms with Crippen molar-refractivity contribution in [1.82, 2.24) is 0 Å². The number of ketones is 1. The molecule has 1 amide bonds. The predicted octanol–water partition coefficient (Wildman–Crippen LogP) is 6.61. The van der Waals surface area contributed by atoms with E-state index in [4.69, 9.17) is 34.8 Å². The average Bonchev–Trinajstić information content (AvgIpc) is 2.62. The van der Waals surface area contributed by atoms with Gasteiger partial charge in [-0.3, -0.25) is 9.59 Å². The van der Waals surface area contributed by atoms with Crippen LogP contribution < -0.4 is 5.32 Å². The molecule has 27 heavy (non-hydrogen) atoms. The van der Waals surface area contributed by atoms with Gasteiger partial charge in [0.05, 0.1) is 16.5 Å². The molecule has 0 saturated heterocycles. The first kappa shape index (κ1) is 20.6. The fourth-order valence-electron chi connectivity index (χ4n) is 2.49. The molecule has 140 valence electrons. The fraction of sp³-hybridized carbons (Fsp3) is 0.158. The van der Waals surface area contributed by atoms with Crippen LogP contribution in [0.4, 0.5) is 5.69 Å². The summed E-state index contributed by atoms with van der Waals surface area (Å²) in [7, 11) is 0. The van der Waals surface area contributed by atoms with E-state index in [1.807, 2.05) is 24.3 Å². The number of benzene rings is 2. The van der Waals surface area contributed by atoms with Crippen molar-refractivity contribution in [2.24, 2.45) is 0 Å². The molecule has 0 unspecified atom stereocenters. The Morgan fingerprint density at radius 1 is 1.15 bits per heavy atom. The summed E-state index contributed by atoms with van der Waals surface area (Å²) in [5.41, 5.74) is 1.43. The van der Waals surface area contributed by atoms with E-state index in [2.05, 4.69) is 5.32 Å². The van der Waals surface area contributed by atoms with Gasteiger partial charge in [0.15, 0.2) is 5.78 Å². The molecule has 0 fully saturated rings. The van der Waals surface area contributed by atoms with Crippen molar-refractivity contribution >= 4 is 75.7 Å². The molecular formula is C19H14Cl3NO2S2. The van der Waals surface area contributed by atoms with E-state index < -0.39 is 0 Å². The number of nitrogens with one attached hydrogen (secondary N) is 1. The fourth-order valence-corrected chi connectivity index (χ4v) is 5.69. The molecule has 3 rings (SSSR count). The van der Waals surface area contributed by atoms with Gasteiger partial charge in [-0.05, 0) is 29.8 Å². The number of carbonyl (C=O) groups excluding carboxylic acids is 2. The lowest BCUT2D eigenvalue weighted by atomic mass is 10.1. The summed E-state index contributed by atoms with van der Waals surface area (Å²) in [5.74, 6) is -0.0132. The number of carbonyl (C=O) groups is 2. The van der Waals surface area contributed by atoms with Crippen molar-refractivity contribution < 1.29 is 9.59 Å². The Bertz CT molecular complexity index is 918. The Morgan fingerprint density at radius 3 is 2.67 bits per heavy atom. The maximum Gasteiger partial charge on any atom is 0.234 e. The van der Waals surface area contributed by atoms with E-state index >= 15 is 0 Å². The quantitative estimate of drug-likeness (QED) is 0.548. The molecular weight excluding hydrogens is 445 g/mol. The first-order valence-electron chi connectivity index (χ1n) is 7.95. The molecule has 1 aliphatic rings. The van der Waals surface area contributed by atoms with Gasteiger partial charge in [-0.2, -0.15) is 0 Å². The molecule has 0 bridgehead atoms. The molecule has 1 N–H and O–H groups in total. The van der Waals surface area contributed by atoms with Gasteiger partial charge in [-0.1, -0.05) is 53.0 Å². The van der Waals surface area contributed by atoms with Crippen LogP contribution in [0.15, 0.2) is 52.8 Å². The Balaban J connectivity index is 1.61. The van der Waals surface area contributed by atoms with Gasteiger partial charge in [0, 0.05) is 32.0 Å². The maximum atomic E-state index is 12.2. The van der Waals surface area contributed by atoms with Crippen LogP contribution >= 0.6 is 58.3 Å². The number of rotatable bonds is 5. The number of halogens is 3. The second-order valence-corrected chi connectivity index (χ2v) is 9.49. The summed E-state index contributed by atoms with van der Waals surface area (Å²) in [4.78, 5) is 24.3. The summed E-state index contributed by atoms with van der Waals surface area (Å²) >= 11 is 21.0. The third kappa shape index (κ3) is 5.69. The summed E-state index contributed by atoms with van der Waals surface area (Å²) in [6.07, 6.45) is 1.98. The molecule has 1 heterocycles. The third-order valence-electron chi connectivity index (χ3n) is 3.73. The van der Waals surface area contributed by atoms with Crippen LogP contribution in [-0.2, 0) is 9.59 Å². The van der Waals surface area contributed by atoms with Gasteiger partial charge < -0.3 is 5.32 Å². The van der Waals surface area contributed by atoms with Crippen LogP contribution in [0.2, 0.25) is 15.1 Å². The Hall–Kier alpha value is -1.11. The summed E-state index contributed by atoms with van der Waals surface area (Å²) in [5, 5.41) is 4.22. The first-order valence-corrected chi connectivity index (χ1v) is 11.0. The molecule has 0 radical (unpaired) electrons. The molecule has 8 heteroatoms. The lowest BCUT2D eigenvalue weighted by Gasteiger charge is -2.22. The summed E-state index contributed by atoms with van der Waals surface area (Å²) < 4.78 is 0.800. The maximum absolute atomic E-state index is 12.2. The monoisotopic (exact) mass is 457 g/mol. The number of hydrogen-bond acceptors (Lipinski definition) is 4. The van der Waals surface area contributed by atoms with Gasteiger partial charge in [-0.25, -0.2) is 0 Å². The summed E-state index contributed by atoms with van der Waals surface area (Å²) in [6, 6.07) is 12.4. The van der Waals surface area contributed by atoms with Gasteiger partial charge in [0.25, 0.3) is 0 Å². The molecule has 1 aliphatic heterocycles. The van der Waals surface area contributed by atoms with Gasteiger partial charge in [-0.15, -0.1) is 23.5 Å². The molecule has 3 nitrogen and oxygen atoms in total. The zero-order valence-corrected chi connectivity index (χ0v) is 17.8. The molecule has 1 atom stereocenters. The van der Waals surface area contributed by atoms with Crippen LogP contribution in [0.25, 0.3) is 0 Å². The topological polar surface area (TPSA) is 46.2 Å². The minimum absolute atomic E-state index is 0.0299. The number of anilines is 1. The number of allylic oxidation sites excluding steroid dienone is 1. The predicted molar refractivity (Wildman–Crippen MR) is 117 cm³/mol. The van der Waals surface area contributed by atoms with Gasteiger partial charge >= 0.3 is 0 Å². The van der Waals surface area contributed by atoms with Crippen LogP contribution in [0, 0.1) is 0 Å². The zero-order chi connectivity index (χ0) is 19.4. The first-order chi connectivity index (χ1) is 12.9. The van der Waals surface area contributed by atoms with E-state index in [1.54, 1.807) is 36.0 Å². The zero-order valence-electron chi connectivity index (χ0n) is 13.9. The molecule has 0 aromatic heterocycles. The van der Waals surface area contributed by atoms with E-state index in [0.29, 0.717) is 27.2 Å². The highest BCUT2D eigenvalue weighted by Crippen LogP contribution is 2.47. The highest BCUT2D eigenvalue weighted by Gasteiger charge is 2.25. The number of amides is 1. The number of thioether (sulfide) groups is 2. The van der Waals surface area contributed by atoms with Crippen LogP contribution in [0.5, 0.6) is 0 Å². The van der Waals surface area contributed by atoms with Crippen molar-refractivity contribution in [2.45, 2.75) is 11.7 Å². The highest BCUT2D eigenvalue weighted by molar-refractivity contribution is 8.22. The standard InChI is InChI=1S/C19H14Cl3NO2S2/c20-11-5-6-16(15(22)7-11)23-18(25)10-26-19-9-12(24)8-17(27-19)13-3-1-2-4-14(13)21/h1-7,9,17H,8,10H2,(H,23,25)/t17-/m1/s1. The highest BCUT2D eigenvalue weighted by atomic mass is 35.5. The van der Waals surface area contributed by atoms with Crippen molar-refractivity contribution in [3.05, 3.63) is 73.4 Å². The van der Waals surface area contributed by atoms with E-state index in [0.717, 1.165) is 9.80 Å². The largest absolute Gasteiger partial charge is 0.324 e. The van der Waals surface area contributed by atoms with Crippen LogP contribution in [0.1, 0.15) is 17.2 Å². The molecule has 2 aromatic carbocycles. The lowest BCUT2D eigenvalue weighted by molar-refractivity contribution is -0.115.